The minimum atomic E-state index is -2.88. The second-order valence-electron chi connectivity index (χ2n) is 4.67. The lowest BCUT2D eigenvalue weighted by Crippen LogP contribution is -2.25. The Bertz CT molecular complexity index is 480. The van der Waals surface area contributed by atoms with Crippen molar-refractivity contribution in [2.45, 2.75) is 26.8 Å². The first-order valence-electron chi connectivity index (χ1n) is 5.78. The van der Waals surface area contributed by atoms with Crippen LogP contribution in [0.3, 0.4) is 0 Å². The summed E-state index contributed by atoms with van der Waals surface area (Å²) >= 11 is 0. The van der Waals surface area contributed by atoms with Gasteiger partial charge < -0.3 is 5.32 Å². The van der Waals surface area contributed by atoms with E-state index in [0.29, 0.717) is 6.54 Å². The third kappa shape index (κ3) is 4.88. The molecule has 0 amide bonds. The maximum Gasteiger partial charge on any atom is 0.148 e. The molecule has 1 aromatic rings. The van der Waals surface area contributed by atoms with E-state index in [1.165, 1.54) is 22.9 Å². The molecule has 0 bridgehead atoms. The quantitative estimate of drug-likeness (QED) is 0.875. The van der Waals surface area contributed by atoms with E-state index in [-0.39, 0.29) is 11.8 Å². The van der Waals surface area contributed by atoms with Crippen molar-refractivity contribution >= 4 is 9.84 Å². The predicted molar refractivity (Wildman–Crippen MR) is 72.0 cm³/mol. The summed E-state index contributed by atoms with van der Waals surface area (Å²) in [5, 5.41) is 3.24. The molecule has 0 aliphatic heterocycles. The van der Waals surface area contributed by atoms with Gasteiger partial charge in [-0.3, -0.25) is 0 Å². The van der Waals surface area contributed by atoms with Crippen molar-refractivity contribution in [2.75, 3.05) is 18.6 Å². The van der Waals surface area contributed by atoms with Crippen LogP contribution in [0, 0.1) is 13.8 Å². The highest BCUT2D eigenvalue weighted by atomic mass is 32.2. The smallest absolute Gasteiger partial charge is 0.148 e. The summed E-state index contributed by atoms with van der Waals surface area (Å²) in [6.45, 7) is 6.70. The van der Waals surface area contributed by atoms with Gasteiger partial charge >= 0.3 is 0 Å². The van der Waals surface area contributed by atoms with Crippen LogP contribution in [0.5, 0.6) is 0 Å². The largest absolute Gasteiger partial charge is 0.309 e. The molecule has 0 heterocycles. The number of aryl methyl sites for hydroxylation is 2. The number of hydrogen-bond donors (Lipinski definition) is 1. The molecular weight excluding hydrogens is 234 g/mol. The van der Waals surface area contributed by atoms with Crippen molar-refractivity contribution in [1.82, 2.24) is 5.32 Å². The van der Waals surface area contributed by atoms with E-state index in [1.54, 1.807) is 0 Å². The van der Waals surface area contributed by atoms with Gasteiger partial charge in [-0.15, -0.1) is 0 Å². The second kappa shape index (κ2) is 5.65. The first kappa shape index (κ1) is 14.2. The van der Waals surface area contributed by atoms with Gasteiger partial charge in [-0.05, 0) is 31.9 Å². The van der Waals surface area contributed by atoms with E-state index < -0.39 is 9.84 Å². The fourth-order valence-electron chi connectivity index (χ4n) is 1.88. The third-order valence-electron chi connectivity index (χ3n) is 2.82. The van der Waals surface area contributed by atoms with Crippen LogP contribution in [0.15, 0.2) is 18.2 Å². The molecule has 4 heteroatoms. The molecule has 0 spiro atoms. The summed E-state index contributed by atoms with van der Waals surface area (Å²) in [5.41, 5.74) is 3.71. The molecule has 0 fully saturated rings. The van der Waals surface area contributed by atoms with Crippen LogP contribution in [0.25, 0.3) is 0 Å². The summed E-state index contributed by atoms with van der Waals surface area (Å²) < 4.78 is 22.0. The molecule has 17 heavy (non-hydrogen) atoms. The Labute approximate surface area is 104 Å². The summed E-state index contributed by atoms with van der Waals surface area (Å²) in [4.78, 5) is 0. The van der Waals surface area contributed by atoms with Crippen LogP contribution in [-0.4, -0.2) is 27.0 Å². The number of nitrogens with one attached hydrogen (secondary N) is 1. The lowest BCUT2D eigenvalue weighted by molar-refractivity contribution is 0.574. The zero-order chi connectivity index (χ0) is 13.1. The zero-order valence-corrected chi connectivity index (χ0v) is 11.8. The van der Waals surface area contributed by atoms with Crippen molar-refractivity contribution in [3.63, 3.8) is 0 Å². The van der Waals surface area contributed by atoms with Crippen LogP contribution in [0.1, 0.15) is 29.7 Å². The fraction of sp³-hybridized carbons (Fsp3) is 0.538. The van der Waals surface area contributed by atoms with Crippen LogP contribution in [-0.2, 0) is 9.84 Å². The first-order chi connectivity index (χ1) is 7.79. The highest BCUT2D eigenvalue weighted by molar-refractivity contribution is 7.90. The van der Waals surface area contributed by atoms with E-state index in [0.717, 1.165) is 0 Å². The Kier molecular flexibility index (Phi) is 4.71. The second-order valence-corrected chi connectivity index (χ2v) is 6.93. The van der Waals surface area contributed by atoms with Gasteiger partial charge in [-0.2, -0.15) is 0 Å². The minimum absolute atomic E-state index is 0.178. The van der Waals surface area contributed by atoms with Crippen LogP contribution < -0.4 is 5.32 Å². The van der Waals surface area contributed by atoms with Crippen LogP contribution in [0.2, 0.25) is 0 Å². The van der Waals surface area contributed by atoms with Crippen molar-refractivity contribution in [3.05, 3.63) is 34.9 Å². The van der Waals surface area contributed by atoms with Crippen LogP contribution >= 0.6 is 0 Å². The average molecular weight is 255 g/mol. The molecule has 1 rings (SSSR count). The molecule has 0 aliphatic rings. The Balaban J connectivity index is 2.61. The van der Waals surface area contributed by atoms with Crippen molar-refractivity contribution < 1.29 is 8.42 Å². The summed E-state index contributed by atoms with van der Waals surface area (Å²) in [5.74, 6) is 0.183. The monoisotopic (exact) mass is 255 g/mol. The molecule has 3 nitrogen and oxygen atoms in total. The maximum absolute atomic E-state index is 11.0. The van der Waals surface area contributed by atoms with Gasteiger partial charge in [0.25, 0.3) is 0 Å². The summed E-state index contributed by atoms with van der Waals surface area (Å²) in [6, 6.07) is 6.50. The molecule has 1 aromatic carbocycles. The Morgan fingerprint density at radius 3 is 2.47 bits per heavy atom. The molecule has 0 aliphatic carbocycles. The average Bonchev–Trinajstić information content (AvgIpc) is 2.15. The van der Waals surface area contributed by atoms with Gasteiger partial charge in [-0.25, -0.2) is 8.42 Å². The van der Waals surface area contributed by atoms with Gasteiger partial charge in [0.2, 0.25) is 0 Å². The highest BCUT2D eigenvalue weighted by Crippen LogP contribution is 2.18. The summed E-state index contributed by atoms with van der Waals surface area (Å²) in [7, 11) is -2.88. The molecule has 0 saturated heterocycles. The van der Waals surface area contributed by atoms with E-state index in [4.69, 9.17) is 0 Å². The lowest BCUT2D eigenvalue weighted by atomic mass is 10.0. The van der Waals surface area contributed by atoms with E-state index >= 15 is 0 Å². The Hall–Kier alpha value is -0.870. The maximum atomic E-state index is 11.0. The minimum Gasteiger partial charge on any atom is -0.309 e. The van der Waals surface area contributed by atoms with Gasteiger partial charge in [0.05, 0.1) is 5.75 Å². The Morgan fingerprint density at radius 2 is 1.94 bits per heavy atom. The summed E-state index contributed by atoms with van der Waals surface area (Å²) in [6.07, 6.45) is 1.26. The Morgan fingerprint density at radius 1 is 1.29 bits per heavy atom. The molecule has 96 valence electrons. The van der Waals surface area contributed by atoms with Crippen LogP contribution in [0.4, 0.5) is 0 Å². The molecule has 0 radical (unpaired) electrons. The molecule has 1 N–H and O–H groups in total. The van der Waals surface area contributed by atoms with E-state index in [9.17, 15) is 8.42 Å². The van der Waals surface area contributed by atoms with Gasteiger partial charge in [0.1, 0.15) is 9.84 Å². The van der Waals surface area contributed by atoms with E-state index in [2.05, 4.69) is 44.3 Å². The third-order valence-corrected chi connectivity index (χ3v) is 3.76. The van der Waals surface area contributed by atoms with E-state index in [1.807, 2.05) is 0 Å². The SMILES string of the molecule is Cc1ccc(C(C)NCCS(C)(=O)=O)c(C)c1. The lowest BCUT2D eigenvalue weighted by Gasteiger charge is -2.16. The first-order valence-corrected chi connectivity index (χ1v) is 7.84. The molecular formula is C13H21NO2S. The molecule has 0 aromatic heterocycles. The van der Waals surface area contributed by atoms with Gasteiger partial charge in [0.15, 0.2) is 0 Å². The van der Waals surface area contributed by atoms with Crippen molar-refractivity contribution in [2.24, 2.45) is 0 Å². The van der Waals surface area contributed by atoms with Crippen molar-refractivity contribution in [1.29, 1.82) is 0 Å². The standard InChI is InChI=1S/C13H21NO2S/c1-10-5-6-13(11(2)9-10)12(3)14-7-8-17(4,15)16/h5-6,9,12,14H,7-8H2,1-4H3. The molecule has 1 atom stereocenters. The number of hydrogen-bond acceptors (Lipinski definition) is 3. The van der Waals surface area contributed by atoms with Gasteiger partial charge in [0, 0.05) is 18.8 Å². The molecule has 1 unspecified atom stereocenters. The normalized spacial score (nSPS) is 13.6. The topological polar surface area (TPSA) is 46.2 Å². The highest BCUT2D eigenvalue weighted by Gasteiger charge is 2.09. The van der Waals surface area contributed by atoms with Gasteiger partial charge in [-0.1, -0.05) is 23.8 Å². The van der Waals surface area contributed by atoms with Crippen molar-refractivity contribution in [3.8, 4) is 0 Å². The number of rotatable bonds is 5. The molecule has 0 saturated carbocycles. The fourth-order valence-corrected chi connectivity index (χ4v) is 2.37. The number of sulfone groups is 1. The zero-order valence-electron chi connectivity index (χ0n) is 10.9. The predicted octanol–water partition coefficient (Wildman–Crippen LogP) is 2.00. The number of benzene rings is 1.